The van der Waals surface area contributed by atoms with Crippen LogP contribution in [0.3, 0.4) is 0 Å². The molecule has 0 spiro atoms. The molecular weight excluding hydrogens is 258 g/mol. The first-order valence-electron chi connectivity index (χ1n) is 5.31. The van der Waals surface area contributed by atoms with Crippen molar-refractivity contribution in [1.29, 1.82) is 0 Å². The van der Waals surface area contributed by atoms with E-state index in [0.717, 1.165) is 6.07 Å². The van der Waals surface area contributed by atoms with Crippen molar-refractivity contribution < 1.29 is 19.4 Å². The number of ether oxygens (including phenoxy) is 1. The maximum Gasteiger partial charge on any atom is 0.280 e. The van der Waals surface area contributed by atoms with Crippen LogP contribution in [0.1, 0.15) is 5.56 Å². The minimum Gasteiger partial charge on any atom is -0.382 e. The van der Waals surface area contributed by atoms with Crippen molar-refractivity contribution in [2.45, 2.75) is 6.54 Å². The summed E-state index contributed by atoms with van der Waals surface area (Å²) in [6.07, 6.45) is 0. The summed E-state index contributed by atoms with van der Waals surface area (Å²) < 4.78 is 4.75. The molecule has 9 heteroatoms. The number of benzene rings is 1. The van der Waals surface area contributed by atoms with E-state index in [9.17, 15) is 20.2 Å². The molecule has 19 heavy (non-hydrogen) atoms. The molecule has 0 heterocycles. The number of nitro groups is 2. The Morgan fingerprint density at radius 2 is 1.95 bits per heavy atom. The van der Waals surface area contributed by atoms with Crippen LogP contribution in [0.4, 0.5) is 11.4 Å². The van der Waals surface area contributed by atoms with E-state index in [4.69, 9.17) is 9.57 Å². The molecule has 0 unspecified atom stereocenters. The van der Waals surface area contributed by atoms with Gasteiger partial charge in [-0.15, -0.1) is 0 Å². The summed E-state index contributed by atoms with van der Waals surface area (Å²) in [5.74, 6) is 0. The molecule has 104 valence electrons. The summed E-state index contributed by atoms with van der Waals surface area (Å²) in [7, 11) is 1.52. The van der Waals surface area contributed by atoms with Crippen molar-refractivity contribution in [3.63, 3.8) is 0 Å². The molecule has 0 aromatic heterocycles. The quantitative estimate of drug-likeness (QED) is 0.428. The molecule has 0 aliphatic rings. The van der Waals surface area contributed by atoms with Gasteiger partial charge in [-0.3, -0.25) is 25.1 Å². The number of non-ortho nitro benzene ring substituents is 1. The first kappa shape index (κ1) is 15.0. The molecule has 0 aliphatic carbocycles. The van der Waals surface area contributed by atoms with Gasteiger partial charge >= 0.3 is 0 Å². The molecule has 9 nitrogen and oxygen atoms in total. The van der Waals surface area contributed by atoms with Crippen LogP contribution in [-0.4, -0.2) is 30.2 Å². The van der Waals surface area contributed by atoms with Gasteiger partial charge in [-0.25, -0.2) is 0 Å². The van der Waals surface area contributed by atoms with E-state index in [1.165, 1.54) is 19.2 Å². The van der Waals surface area contributed by atoms with Crippen molar-refractivity contribution in [2.24, 2.45) is 0 Å². The van der Waals surface area contributed by atoms with E-state index in [-0.39, 0.29) is 24.5 Å². The Labute approximate surface area is 108 Å². The number of methoxy groups -OCH3 is 1. The minimum atomic E-state index is -0.681. The van der Waals surface area contributed by atoms with Gasteiger partial charge in [0.25, 0.3) is 11.4 Å². The van der Waals surface area contributed by atoms with E-state index in [1.54, 1.807) is 0 Å². The highest BCUT2D eigenvalue weighted by atomic mass is 16.7. The highest BCUT2D eigenvalue weighted by Crippen LogP contribution is 2.24. The number of hydrogen-bond donors (Lipinski definition) is 1. The van der Waals surface area contributed by atoms with Gasteiger partial charge in [0.05, 0.1) is 35.7 Å². The fraction of sp³-hybridized carbons (Fsp3) is 0.400. The molecule has 0 bridgehead atoms. The lowest BCUT2D eigenvalue weighted by molar-refractivity contribution is -0.394. The van der Waals surface area contributed by atoms with Crippen molar-refractivity contribution >= 4 is 11.4 Å². The molecule has 1 N–H and O–H groups in total. The van der Waals surface area contributed by atoms with Crippen molar-refractivity contribution in [3.8, 4) is 0 Å². The summed E-state index contributed by atoms with van der Waals surface area (Å²) >= 11 is 0. The van der Waals surface area contributed by atoms with Gasteiger partial charge in [0.1, 0.15) is 0 Å². The van der Waals surface area contributed by atoms with Crippen LogP contribution in [0.2, 0.25) is 0 Å². The van der Waals surface area contributed by atoms with Crippen LogP contribution >= 0.6 is 0 Å². The number of hydrogen-bond acceptors (Lipinski definition) is 7. The average Bonchev–Trinajstić information content (AvgIpc) is 2.38. The third kappa shape index (κ3) is 4.58. The van der Waals surface area contributed by atoms with Crippen LogP contribution in [0.25, 0.3) is 0 Å². The van der Waals surface area contributed by atoms with Crippen LogP contribution in [-0.2, 0) is 16.1 Å². The summed E-state index contributed by atoms with van der Waals surface area (Å²) in [5.41, 5.74) is 2.18. The molecule has 0 fully saturated rings. The van der Waals surface area contributed by atoms with Crippen molar-refractivity contribution in [3.05, 3.63) is 44.0 Å². The number of nitrogens with one attached hydrogen (secondary N) is 1. The Kier molecular flexibility index (Phi) is 5.79. The molecule has 0 amide bonds. The first-order valence-corrected chi connectivity index (χ1v) is 5.31. The summed E-state index contributed by atoms with van der Waals surface area (Å²) in [4.78, 5) is 25.0. The predicted molar refractivity (Wildman–Crippen MR) is 64.4 cm³/mol. The number of hydroxylamine groups is 1. The lowest BCUT2D eigenvalue weighted by Crippen LogP contribution is -2.17. The largest absolute Gasteiger partial charge is 0.382 e. The molecule has 0 atom stereocenters. The monoisotopic (exact) mass is 271 g/mol. The van der Waals surface area contributed by atoms with Crippen molar-refractivity contribution in [1.82, 2.24) is 5.48 Å². The standard InChI is InChI=1S/C10H13N3O6/c1-18-4-5-19-11-7-8-2-3-9(12(14)15)6-10(8)13(16)17/h2-3,6,11H,4-5,7H2,1H3. The van der Waals surface area contributed by atoms with Gasteiger partial charge in [0, 0.05) is 18.7 Å². The third-order valence-electron chi connectivity index (χ3n) is 2.23. The average molecular weight is 271 g/mol. The fourth-order valence-electron chi connectivity index (χ4n) is 1.31. The second-order valence-corrected chi connectivity index (χ2v) is 3.49. The fourth-order valence-corrected chi connectivity index (χ4v) is 1.31. The second kappa shape index (κ2) is 7.36. The molecule has 1 aromatic rings. The summed E-state index contributed by atoms with van der Waals surface area (Å²) in [6, 6.07) is 3.45. The Bertz CT molecular complexity index is 465. The smallest absolute Gasteiger partial charge is 0.280 e. The SMILES string of the molecule is COCCONCc1ccc([N+](=O)[O-])cc1[N+](=O)[O-]. The normalized spacial score (nSPS) is 10.4. The Hall–Kier alpha value is -2.10. The Morgan fingerprint density at radius 3 is 2.53 bits per heavy atom. The van der Waals surface area contributed by atoms with Crippen LogP contribution in [0.15, 0.2) is 18.2 Å². The minimum absolute atomic E-state index is 0.0675. The van der Waals surface area contributed by atoms with Gasteiger partial charge in [-0.05, 0) is 6.07 Å². The highest BCUT2D eigenvalue weighted by Gasteiger charge is 2.18. The van der Waals surface area contributed by atoms with E-state index in [0.29, 0.717) is 12.2 Å². The lowest BCUT2D eigenvalue weighted by atomic mass is 10.1. The summed E-state index contributed by atoms with van der Waals surface area (Å²) in [6.45, 7) is 0.741. The zero-order chi connectivity index (χ0) is 14.3. The molecule has 0 saturated carbocycles. The van der Waals surface area contributed by atoms with Gasteiger partial charge in [-0.1, -0.05) is 0 Å². The number of nitrogens with zero attached hydrogens (tertiary/aromatic N) is 2. The zero-order valence-electron chi connectivity index (χ0n) is 10.2. The van der Waals surface area contributed by atoms with Gasteiger partial charge in [-0.2, -0.15) is 5.48 Å². The number of nitro benzene ring substituents is 2. The topological polar surface area (TPSA) is 117 Å². The van der Waals surface area contributed by atoms with Crippen LogP contribution < -0.4 is 5.48 Å². The lowest BCUT2D eigenvalue weighted by Gasteiger charge is -2.06. The van der Waals surface area contributed by atoms with E-state index in [2.05, 4.69) is 5.48 Å². The van der Waals surface area contributed by atoms with E-state index in [1.807, 2.05) is 0 Å². The first-order chi connectivity index (χ1) is 9.06. The highest BCUT2D eigenvalue weighted by molar-refractivity contribution is 5.48. The van der Waals surface area contributed by atoms with Gasteiger partial charge < -0.3 is 4.74 Å². The second-order valence-electron chi connectivity index (χ2n) is 3.49. The van der Waals surface area contributed by atoms with Crippen molar-refractivity contribution in [2.75, 3.05) is 20.3 Å². The van der Waals surface area contributed by atoms with Gasteiger partial charge in [0.2, 0.25) is 0 Å². The Morgan fingerprint density at radius 1 is 1.21 bits per heavy atom. The summed E-state index contributed by atoms with van der Waals surface area (Å²) in [5, 5.41) is 21.4. The van der Waals surface area contributed by atoms with Crippen LogP contribution in [0, 0.1) is 20.2 Å². The predicted octanol–water partition coefficient (Wildman–Crippen LogP) is 1.17. The van der Waals surface area contributed by atoms with E-state index >= 15 is 0 Å². The molecule has 0 saturated heterocycles. The molecule has 1 rings (SSSR count). The molecular formula is C10H13N3O6. The van der Waals surface area contributed by atoms with Crippen LogP contribution in [0.5, 0.6) is 0 Å². The molecule has 1 aromatic carbocycles. The molecule has 0 radical (unpaired) electrons. The number of rotatable bonds is 8. The van der Waals surface area contributed by atoms with E-state index < -0.39 is 9.85 Å². The Balaban J connectivity index is 2.71. The molecule has 0 aliphatic heterocycles. The maximum atomic E-state index is 10.8. The zero-order valence-corrected chi connectivity index (χ0v) is 10.2. The third-order valence-corrected chi connectivity index (χ3v) is 2.23. The maximum absolute atomic E-state index is 10.8. The van der Waals surface area contributed by atoms with Gasteiger partial charge in [0.15, 0.2) is 0 Å².